The van der Waals surface area contributed by atoms with Crippen molar-refractivity contribution in [3.63, 3.8) is 0 Å². The van der Waals surface area contributed by atoms with E-state index >= 15 is 0 Å². The Balaban J connectivity index is 2.23. The zero-order valence-electron chi connectivity index (χ0n) is 11.9. The number of carbonyl (C=O) groups excluding carboxylic acids is 1. The molecule has 9 heteroatoms. The quantitative estimate of drug-likeness (QED) is 0.673. The SMILES string of the molecule is Cc1cc([N+](=O)[O-])cn(CC(=O)Nc2ccc(Cl)cc2Cl)c1=O. The molecular weight excluding hydrogens is 345 g/mol. The number of hydrogen-bond donors (Lipinski definition) is 1. The zero-order chi connectivity index (χ0) is 17.1. The predicted octanol–water partition coefficient (Wildman–Crippen LogP) is 3.01. The molecule has 0 aliphatic heterocycles. The molecule has 0 spiro atoms. The molecule has 0 aliphatic carbocycles. The topological polar surface area (TPSA) is 94.2 Å². The van der Waals surface area contributed by atoms with Crippen LogP contribution in [0, 0.1) is 17.0 Å². The van der Waals surface area contributed by atoms with E-state index in [0.717, 1.165) is 16.8 Å². The lowest BCUT2D eigenvalue weighted by Crippen LogP contribution is -2.28. The van der Waals surface area contributed by atoms with E-state index in [1.54, 1.807) is 6.07 Å². The van der Waals surface area contributed by atoms with E-state index in [9.17, 15) is 19.7 Å². The van der Waals surface area contributed by atoms with Crippen molar-refractivity contribution in [3.05, 3.63) is 66.5 Å². The number of anilines is 1. The number of hydrogen-bond acceptors (Lipinski definition) is 4. The van der Waals surface area contributed by atoms with Crippen LogP contribution in [0.1, 0.15) is 5.56 Å². The molecule has 0 saturated carbocycles. The Kier molecular flexibility index (Phi) is 5.02. The first kappa shape index (κ1) is 17.0. The summed E-state index contributed by atoms with van der Waals surface area (Å²) in [6, 6.07) is 5.69. The summed E-state index contributed by atoms with van der Waals surface area (Å²) in [5.41, 5.74) is -0.236. The van der Waals surface area contributed by atoms with Gasteiger partial charge in [-0.1, -0.05) is 23.2 Å². The maximum Gasteiger partial charge on any atom is 0.286 e. The van der Waals surface area contributed by atoms with Crippen LogP contribution in [0.4, 0.5) is 11.4 Å². The third-order valence-corrected chi connectivity index (χ3v) is 3.53. The van der Waals surface area contributed by atoms with E-state index < -0.39 is 16.4 Å². The second kappa shape index (κ2) is 6.80. The van der Waals surface area contributed by atoms with Crippen molar-refractivity contribution >= 4 is 40.5 Å². The molecule has 1 aromatic heterocycles. The normalized spacial score (nSPS) is 10.4. The highest BCUT2D eigenvalue weighted by atomic mass is 35.5. The Morgan fingerprint density at radius 3 is 2.65 bits per heavy atom. The summed E-state index contributed by atoms with van der Waals surface area (Å²) in [6.07, 6.45) is 1.03. The lowest BCUT2D eigenvalue weighted by Gasteiger charge is -2.09. The van der Waals surface area contributed by atoms with Crippen LogP contribution in [0.5, 0.6) is 0 Å². The van der Waals surface area contributed by atoms with Crippen molar-refractivity contribution in [3.8, 4) is 0 Å². The highest BCUT2D eigenvalue weighted by molar-refractivity contribution is 6.36. The minimum atomic E-state index is -0.628. The summed E-state index contributed by atoms with van der Waals surface area (Å²) in [6.45, 7) is 1.07. The van der Waals surface area contributed by atoms with Crippen LogP contribution in [0.25, 0.3) is 0 Å². The summed E-state index contributed by atoms with van der Waals surface area (Å²) < 4.78 is 0.979. The molecule has 1 heterocycles. The minimum Gasteiger partial charge on any atom is -0.323 e. The number of nitrogens with zero attached hydrogens (tertiary/aromatic N) is 2. The van der Waals surface area contributed by atoms with Crippen LogP contribution in [0.15, 0.2) is 35.3 Å². The van der Waals surface area contributed by atoms with Gasteiger partial charge in [0.2, 0.25) is 5.91 Å². The van der Waals surface area contributed by atoms with Crippen molar-refractivity contribution in [2.24, 2.45) is 0 Å². The van der Waals surface area contributed by atoms with Gasteiger partial charge in [-0.3, -0.25) is 24.3 Å². The Morgan fingerprint density at radius 1 is 1.35 bits per heavy atom. The fourth-order valence-electron chi connectivity index (χ4n) is 1.92. The fourth-order valence-corrected chi connectivity index (χ4v) is 2.37. The molecule has 2 aromatic rings. The van der Waals surface area contributed by atoms with E-state index in [2.05, 4.69) is 5.32 Å². The van der Waals surface area contributed by atoms with Gasteiger partial charge in [0.25, 0.3) is 11.2 Å². The molecule has 120 valence electrons. The van der Waals surface area contributed by atoms with Gasteiger partial charge in [0.15, 0.2) is 0 Å². The number of benzene rings is 1. The van der Waals surface area contributed by atoms with Gasteiger partial charge in [0, 0.05) is 16.7 Å². The van der Waals surface area contributed by atoms with Crippen LogP contribution in [0.3, 0.4) is 0 Å². The van der Waals surface area contributed by atoms with Gasteiger partial charge in [-0.2, -0.15) is 0 Å². The van der Waals surface area contributed by atoms with E-state index in [-0.39, 0.29) is 22.8 Å². The predicted molar refractivity (Wildman–Crippen MR) is 87.2 cm³/mol. The van der Waals surface area contributed by atoms with E-state index in [4.69, 9.17) is 23.2 Å². The van der Waals surface area contributed by atoms with Crippen molar-refractivity contribution < 1.29 is 9.72 Å². The third kappa shape index (κ3) is 4.08. The standard InChI is InChI=1S/C14H11Cl2N3O4/c1-8-4-10(19(22)23)6-18(14(8)21)7-13(20)17-12-3-2-9(15)5-11(12)16/h2-6H,7H2,1H3,(H,17,20). The van der Waals surface area contributed by atoms with Crippen molar-refractivity contribution in [1.82, 2.24) is 4.57 Å². The van der Waals surface area contributed by atoms with Gasteiger partial charge in [-0.25, -0.2) is 0 Å². The largest absolute Gasteiger partial charge is 0.323 e. The van der Waals surface area contributed by atoms with Gasteiger partial charge in [-0.05, 0) is 25.1 Å². The average Bonchev–Trinajstić information content (AvgIpc) is 2.46. The molecule has 7 nitrogen and oxygen atoms in total. The average molecular weight is 356 g/mol. The molecule has 1 amide bonds. The van der Waals surface area contributed by atoms with Crippen molar-refractivity contribution in [2.45, 2.75) is 13.5 Å². The number of halogens is 2. The number of nitro groups is 1. The van der Waals surface area contributed by atoms with Crippen molar-refractivity contribution in [2.75, 3.05) is 5.32 Å². The minimum absolute atomic E-state index is 0.177. The van der Waals surface area contributed by atoms with E-state index in [1.165, 1.54) is 19.1 Å². The monoisotopic (exact) mass is 355 g/mol. The number of aryl methyl sites for hydroxylation is 1. The summed E-state index contributed by atoms with van der Waals surface area (Å²) >= 11 is 11.7. The number of carbonyl (C=O) groups is 1. The third-order valence-electron chi connectivity index (χ3n) is 2.98. The maximum absolute atomic E-state index is 12.0. The second-order valence-electron chi connectivity index (χ2n) is 4.74. The van der Waals surface area contributed by atoms with E-state index in [0.29, 0.717) is 10.7 Å². The summed E-state index contributed by atoms with van der Waals surface area (Å²) in [4.78, 5) is 34.2. The molecule has 0 aliphatic rings. The molecule has 0 saturated heterocycles. The Labute approximate surface area is 140 Å². The molecule has 0 radical (unpaired) electrons. The first-order chi connectivity index (χ1) is 10.8. The van der Waals surface area contributed by atoms with Gasteiger partial charge in [0.05, 0.1) is 21.8 Å². The summed E-state index contributed by atoms with van der Waals surface area (Å²) in [5.74, 6) is -0.545. The van der Waals surface area contributed by atoms with Crippen LogP contribution >= 0.6 is 23.2 Å². The van der Waals surface area contributed by atoms with Crippen LogP contribution in [-0.2, 0) is 11.3 Å². The van der Waals surface area contributed by atoms with Gasteiger partial charge < -0.3 is 5.32 Å². The van der Waals surface area contributed by atoms with Crippen LogP contribution in [-0.4, -0.2) is 15.4 Å². The van der Waals surface area contributed by atoms with Crippen LogP contribution in [0.2, 0.25) is 10.0 Å². The number of amides is 1. The molecule has 0 atom stereocenters. The molecule has 2 rings (SSSR count). The molecule has 0 unspecified atom stereocenters. The zero-order valence-corrected chi connectivity index (χ0v) is 13.4. The Morgan fingerprint density at radius 2 is 2.04 bits per heavy atom. The van der Waals surface area contributed by atoms with Gasteiger partial charge in [0.1, 0.15) is 6.54 Å². The second-order valence-corrected chi connectivity index (χ2v) is 5.59. The maximum atomic E-state index is 12.0. The lowest BCUT2D eigenvalue weighted by atomic mass is 10.3. The molecule has 1 N–H and O–H groups in total. The lowest BCUT2D eigenvalue weighted by molar-refractivity contribution is -0.385. The molecule has 0 bridgehead atoms. The first-order valence-electron chi connectivity index (χ1n) is 6.38. The van der Waals surface area contributed by atoms with E-state index in [1.807, 2.05) is 0 Å². The number of pyridine rings is 1. The fraction of sp³-hybridized carbons (Fsp3) is 0.143. The Bertz CT molecular complexity index is 848. The molecular formula is C14H11Cl2N3O4. The molecule has 1 aromatic carbocycles. The highest BCUT2D eigenvalue weighted by Crippen LogP contribution is 2.25. The van der Waals surface area contributed by atoms with Crippen LogP contribution < -0.4 is 10.9 Å². The first-order valence-corrected chi connectivity index (χ1v) is 7.14. The molecule has 0 fully saturated rings. The smallest absolute Gasteiger partial charge is 0.286 e. The van der Waals surface area contributed by atoms with Gasteiger partial charge >= 0.3 is 0 Å². The molecule has 23 heavy (non-hydrogen) atoms. The number of nitrogens with one attached hydrogen (secondary N) is 1. The number of rotatable bonds is 4. The Hall–Kier alpha value is -2.38. The van der Waals surface area contributed by atoms with Crippen molar-refractivity contribution in [1.29, 1.82) is 0 Å². The summed E-state index contributed by atoms with van der Waals surface area (Å²) in [5, 5.41) is 14.0. The summed E-state index contributed by atoms with van der Waals surface area (Å²) in [7, 11) is 0. The number of aromatic nitrogens is 1. The highest BCUT2D eigenvalue weighted by Gasteiger charge is 2.14. The van der Waals surface area contributed by atoms with Gasteiger partial charge in [-0.15, -0.1) is 0 Å².